The van der Waals surface area contributed by atoms with Crippen LogP contribution in [0.25, 0.3) is 0 Å². The van der Waals surface area contributed by atoms with E-state index in [0.29, 0.717) is 11.6 Å². The van der Waals surface area contributed by atoms with Gasteiger partial charge in [0.25, 0.3) is 0 Å². The summed E-state index contributed by atoms with van der Waals surface area (Å²) in [5, 5.41) is 5.91. The Labute approximate surface area is 128 Å². The van der Waals surface area contributed by atoms with E-state index in [2.05, 4.69) is 15.6 Å². The van der Waals surface area contributed by atoms with Crippen molar-refractivity contribution >= 4 is 23.4 Å². The molecule has 1 aromatic carbocycles. The van der Waals surface area contributed by atoms with Crippen LogP contribution in [0.3, 0.4) is 0 Å². The van der Waals surface area contributed by atoms with Crippen LogP contribution < -0.4 is 15.4 Å². The van der Waals surface area contributed by atoms with Crippen LogP contribution in [-0.2, 0) is 0 Å². The highest BCUT2D eigenvalue weighted by molar-refractivity contribution is 6.32. The first-order valence-corrected chi connectivity index (χ1v) is 6.79. The van der Waals surface area contributed by atoms with E-state index in [9.17, 15) is 4.79 Å². The first-order valence-electron chi connectivity index (χ1n) is 6.41. The maximum Gasteiger partial charge on any atom is 0.323 e. The molecule has 0 aliphatic heterocycles. The summed E-state index contributed by atoms with van der Waals surface area (Å²) in [6.45, 7) is 3.87. The van der Waals surface area contributed by atoms with Crippen LogP contribution in [0.5, 0.6) is 5.75 Å². The molecule has 2 aromatic rings. The number of amides is 2. The Kier molecular flexibility index (Phi) is 5.00. The smallest absolute Gasteiger partial charge is 0.323 e. The van der Waals surface area contributed by atoms with E-state index in [1.54, 1.807) is 24.4 Å². The van der Waals surface area contributed by atoms with Gasteiger partial charge in [0, 0.05) is 11.2 Å². The van der Waals surface area contributed by atoms with Gasteiger partial charge in [0.05, 0.1) is 0 Å². The number of rotatable bonds is 4. The van der Waals surface area contributed by atoms with Gasteiger partial charge in [-0.15, -0.1) is 0 Å². The predicted octanol–water partition coefficient (Wildman–Crippen LogP) is 3.51. The monoisotopic (exact) mass is 305 g/mol. The SMILES string of the molecule is Cc1cc(OCNC(=O)Nc2ccccn2)cc(C)c1Cl. The van der Waals surface area contributed by atoms with Gasteiger partial charge in [-0.25, -0.2) is 9.78 Å². The first kappa shape index (κ1) is 15.1. The number of benzene rings is 1. The summed E-state index contributed by atoms with van der Waals surface area (Å²) in [6.07, 6.45) is 1.60. The van der Waals surface area contributed by atoms with Gasteiger partial charge in [-0.2, -0.15) is 0 Å². The molecule has 0 radical (unpaired) electrons. The minimum Gasteiger partial charge on any atom is -0.473 e. The molecule has 0 atom stereocenters. The molecule has 2 rings (SSSR count). The van der Waals surface area contributed by atoms with Crippen molar-refractivity contribution in [1.82, 2.24) is 10.3 Å². The van der Waals surface area contributed by atoms with Gasteiger partial charge in [-0.05, 0) is 49.2 Å². The maximum atomic E-state index is 11.6. The molecule has 0 unspecified atom stereocenters. The van der Waals surface area contributed by atoms with Gasteiger partial charge in [-0.3, -0.25) is 5.32 Å². The number of urea groups is 1. The van der Waals surface area contributed by atoms with Crippen molar-refractivity contribution in [1.29, 1.82) is 0 Å². The molecule has 0 bridgehead atoms. The third-order valence-electron chi connectivity index (χ3n) is 2.79. The van der Waals surface area contributed by atoms with Crippen molar-refractivity contribution < 1.29 is 9.53 Å². The second-order valence-corrected chi connectivity index (χ2v) is 4.88. The van der Waals surface area contributed by atoms with Crippen LogP contribution in [-0.4, -0.2) is 17.7 Å². The van der Waals surface area contributed by atoms with Crippen molar-refractivity contribution in [2.45, 2.75) is 13.8 Å². The lowest BCUT2D eigenvalue weighted by atomic mass is 10.1. The van der Waals surface area contributed by atoms with Crippen molar-refractivity contribution in [2.24, 2.45) is 0 Å². The first-order chi connectivity index (χ1) is 10.1. The zero-order valence-corrected chi connectivity index (χ0v) is 12.6. The highest BCUT2D eigenvalue weighted by Gasteiger charge is 2.05. The lowest BCUT2D eigenvalue weighted by Crippen LogP contribution is -2.32. The molecule has 110 valence electrons. The molecule has 5 nitrogen and oxygen atoms in total. The van der Waals surface area contributed by atoms with Crippen molar-refractivity contribution in [3.63, 3.8) is 0 Å². The van der Waals surface area contributed by atoms with Gasteiger partial charge in [-0.1, -0.05) is 17.7 Å². The zero-order valence-electron chi connectivity index (χ0n) is 11.8. The van der Waals surface area contributed by atoms with Gasteiger partial charge >= 0.3 is 6.03 Å². The number of anilines is 1. The number of nitrogens with one attached hydrogen (secondary N) is 2. The Morgan fingerprint density at radius 1 is 1.29 bits per heavy atom. The highest BCUT2D eigenvalue weighted by Crippen LogP contribution is 2.25. The summed E-state index contributed by atoms with van der Waals surface area (Å²) in [5.41, 5.74) is 1.87. The van der Waals surface area contributed by atoms with E-state index in [1.165, 1.54) is 0 Å². The van der Waals surface area contributed by atoms with Gasteiger partial charge in [0.15, 0.2) is 6.73 Å². The molecular weight excluding hydrogens is 290 g/mol. The molecule has 0 saturated heterocycles. The van der Waals surface area contributed by atoms with E-state index in [0.717, 1.165) is 16.1 Å². The number of aryl methyl sites for hydroxylation is 2. The molecule has 21 heavy (non-hydrogen) atoms. The number of pyridine rings is 1. The molecule has 1 aromatic heterocycles. The average Bonchev–Trinajstić information content (AvgIpc) is 2.45. The number of carbonyl (C=O) groups excluding carboxylic acids is 1. The molecule has 1 heterocycles. The molecule has 6 heteroatoms. The molecule has 0 aliphatic rings. The fraction of sp³-hybridized carbons (Fsp3) is 0.200. The highest BCUT2D eigenvalue weighted by atomic mass is 35.5. The number of nitrogens with zero attached hydrogens (tertiary/aromatic N) is 1. The largest absolute Gasteiger partial charge is 0.473 e. The van der Waals surface area contributed by atoms with Crippen LogP contribution in [0.1, 0.15) is 11.1 Å². The summed E-state index contributed by atoms with van der Waals surface area (Å²) in [5.74, 6) is 1.14. The Hall–Kier alpha value is -2.27. The number of halogens is 1. The van der Waals surface area contributed by atoms with Crippen LogP contribution >= 0.6 is 11.6 Å². The van der Waals surface area contributed by atoms with Gasteiger partial charge < -0.3 is 10.1 Å². The second-order valence-electron chi connectivity index (χ2n) is 4.51. The molecule has 0 spiro atoms. The zero-order chi connectivity index (χ0) is 15.2. The second kappa shape index (κ2) is 6.95. The Morgan fingerprint density at radius 3 is 2.62 bits per heavy atom. The van der Waals surface area contributed by atoms with Gasteiger partial charge in [0.2, 0.25) is 0 Å². The number of aromatic nitrogens is 1. The average molecular weight is 306 g/mol. The van der Waals surface area contributed by atoms with Crippen LogP contribution in [0.2, 0.25) is 5.02 Å². The van der Waals surface area contributed by atoms with Crippen molar-refractivity contribution in [2.75, 3.05) is 12.0 Å². The number of carbonyl (C=O) groups is 1. The van der Waals surface area contributed by atoms with Crippen LogP contribution in [0, 0.1) is 13.8 Å². The molecular formula is C15H16ClN3O2. The number of hydrogen-bond donors (Lipinski definition) is 2. The minimum absolute atomic E-state index is 0.0547. The fourth-order valence-corrected chi connectivity index (χ4v) is 1.88. The van der Waals surface area contributed by atoms with Crippen LogP contribution in [0.15, 0.2) is 36.5 Å². The minimum atomic E-state index is -0.379. The maximum absolute atomic E-state index is 11.6. The summed E-state index contributed by atoms with van der Waals surface area (Å²) >= 11 is 6.08. The third kappa shape index (κ3) is 4.36. The fourth-order valence-electron chi connectivity index (χ4n) is 1.77. The normalized spacial score (nSPS) is 10.0. The Balaban J connectivity index is 1.83. The molecule has 0 aliphatic carbocycles. The summed E-state index contributed by atoms with van der Waals surface area (Å²) in [6, 6.07) is 8.54. The standard InChI is InChI=1S/C15H16ClN3O2/c1-10-7-12(8-11(2)14(10)16)21-9-18-15(20)19-13-5-3-4-6-17-13/h3-8H,9H2,1-2H3,(H2,17,18,19,20). The predicted molar refractivity (Wildman–Crippen MR) is 82.8 cm³/mol. The van der Waals surface area contributed by atoms with E-state index < -0.39 is 0 Å². The Bertz CT molecular complexity index is 609. The van der Waals surface area contributed by atoms with E-state index in [-0.39, 0.29) is 12.8 Å². The lowest BCUT2D eigenvalue weighted by Gasteiger charge is -2.11. The van der Waals surface area contributed by atoms with E-state index in [1.807, 2.05) is 26.0 Å². The Morgan fingerprint density at radius 2 is 2.00 bits per heavy atom. The molecule has 2 amide bonds. The van der Waals surface area contributed by atoms with Crippen LogP contribution in [0.4, 0.5) is 10.6 Å². The molecule has 2 N–H and O–H groups in total. The lowest BCUT2D eigenvalue weighted by molar-refractivity contribution is 0.234. The quantitative estimate of drug-likeness (QED) is 0.850. The number of hydrogen-bond acceptors (Lipinski definition) is 3. The van der Waals surface area contributed by atoms with Crippen molar-refractivity contribution in [3.8, 4) is 5.75 Å². The summed E-state index contributed by atoms with van der Waals surface area (Å²) in [4.78, 5) is 15.6. The molecule has 0 saturated carbocycles. The van der Waals surface area contributed by atoms with Crippen molar-refractivity contribution in [3.05, 3.63) is 52.7 Å². The summed E-state index contributed by atoms with van der Waals surface area (Å²) in [7, 11) is 0. The topological polar surface area (TPSA) is 63.2 Å². The third-order valence-corrected chi connectivity index (χ3v) is 3.38. The van der Waals surface area contributed by atoms with Gasteiger partial charge in [0.1, 0.15) is 11.6 Å². The number of ether oxygens (including phenoxy) is 1. The summed E-state index contributed by atoms with van der Waals surface area (Å²) < 4.78 is 5.48. The van der Waals surface area contributed by atoms with E-state index >= 15 is 0 Å². The molecule has 0 fully saturated rings. The van der Waals surface area contributed by atoms with E-state index in [4.69, 9.17) is 16.3 Å².